The molecule has 1 aliphatic heterocycles. The van der Waals surface area contributed by atoms with E-state index < -0.39 is 0 Å². The number of likely N-dealkylation sites (N-methyl/N-ethyl adjacent to an activating group) is 1. The highest BCUT2D eigenvalue weighted by molar-refractivity contribution is 5.76. The summed E-state index contributed by atoms with van der Waals surface area (Å²) in [6, 6.07) is 0. The van der Waals surface area contributed by atoms with Crippen molar-refractivity contribution >= 4 is 5.97 Å². The highest BCUT2D eigenvalue weighted by atomic mass is 16.5. The van der Waals surface area contributed by atoms with E-state index in [0.29, 0.717) is 18.9 Å². The highest BCUT2D eigenvalue weighted by Crippen LogP contribution is 2.62. The Balaban J connectivity index is 1.85. The molecule has 0 aromatic carbocycles. The van der Waals surface area contributed by atoms with E-state index in [1.54, 1.807) is 0 Å². The number of carbonyl (C=O) groups excluding carboxylic acids is 1. The van der Waals surface area contributed by atoms with E-state index >= 15 is 0 Å². The number of rotatable bonds is 5. The Morgan fingerprint density at radius 1 is 1.52 bits per heavy atom. The average Bonchev–Trinajstić information content (AvgIpc) is 3.01. The minimum atomic E-state index is -0.172. The van der Waals surface area contributed by atoms with Crippen molar-refractivity contribution in [3.05, 3.63) is 34.6 Å². The summed E-state index contributed by atoms with van der Waals surface area (Å²) in [7, 11) is 4.14. The second-order valence-corrected chi connectivity index (χ2v) is 6.36. The molecule has 0 radical (unpaired) electrons. The molecule has 0 amide bonds. The van der Waals surface area contributed by atoms with Crippen LogP contribution in [0.2, 0.25) is 0 Å². The molecule has 0 aromatic rings. The SMILES string of the molecule is CCOC(=O)CC1=C(C)OC23CC2C=C(CN(C)C)C=C13. The van der Waals surface area contributed by atoms with Crippen molar-refractivity contribution in [3.8, 4) is 0 Å². The predicted octanol–water partition coefficient (Wildman–Crippen LogP) is 2.43. The predicted molar refractivity (Wildman–Crippen MR) is 80.6 cm³/mol. The lowest BCUT2D eigenvalue weighted by Crippen LogP contribution is -2.21. The summed E-state index contributed by atoms with van der Waals surface area (Å²) in [6.07, 6.45) is 5.88. The number of esters is 1. The van der Waals surface area contributed by atoms with E-state index in [2.05, 4.69) is 31.1 Å². The van der Waals surface area contributed by atoms with Gasteiger partial charge in [0, 0.05) is 30.0 Å². The maximum absolute atomic E-state index is 11.8. The second-order valence-electron chi connectivity index (χ2n) is 6.36. The standard InChI is InChI=1S/C17H23NO3/c1-5-20-16(19)8-14-11(2)21-17-9-13(17)6-12(7-15(14)17)10-18(3)4/h6-7,13H,5,8-10H2,1-4H3. The van der Waals surface area contributed by atoms with Gasteiger partial charge in [0.2, 0.25) is 0 Å². The molecule has 2 unspecified atom stereocenters. The summed E-state index contributed by atoms with van der Waals surface area (Å²) in [5.74, 6) is 1.17. The van der Waals surface area contributed by atoms with Crippen LogP contribution in [-0.2, 0) is 14.3 Å². The van der Waals surface area contributed by atoms with Crippen LogP contribution in [0.5, 0.6) is 0 Å². The first-order chi connectivity index (χ1) is 9.96. The molecule has 21 heavy (non-hydrogen) atoms. The van der Waals surface area contributed by atoms with Crippen LogP contribution in [0, 0.1) is 5.92 Å². The third-order valence-corrected chi connectivity index (χ3v) is 4.37. The topological polar surface area (TPSA) is 38.8 Å². The lowest BCUT2D eigenvalue weighted by molar-refractivity contribution is -0.142. The van der Waals surface area contributed by atoms with Gasteiger partial charge >= 0.3 is 5.97 Å². The molecular formula is C17H23NO3. The zero-order chi connectivity index (χ0) is 15.2. The largest absolute Gasteiger partial charge is 0.486 e. The van der Waals surface area contributed by atoms with Crippen LogP contribution in [0.4, 0.5) is 0 Å². The highest BCUT2D eigenvalue weighted by Gasteiger charge is 2.63. The molecular weight excluding hydrogens is 266 g/mol. The zero-order valence-electron chi connectivity index (χ0n) is 13.2. The molecule has 3 rings (SSSR count). The Kier molecular flexibility index (Phi) is 3.44. The first kappa shape index (κ1) is 14.4. The Hall–Kier alpha value is -1.55. The van der Waals surface area contributed by atoms with E-state index in [1.807, 2.05) is 13.8 Å². The third-order valence-electron chi connectivity index (χ3n) is 4.37. The summed E-state index contributed by atoms with van der Waals surface area (Å²) in [5.41, 5.74) is 3.38. The van der Waals surface area contributed by atoms with Gasteiger partial charge in [-0.25, -0.2) is 0 Å². The van der Waals surface area contributed by atoms with Crippen LogP contribution < -0.4 is 0 Å². The van der Waals surface area contributed by atoms with E-state index in [0.717, 1.165) is 24.3 Å². The number of ether oxygens (including phenoxy) is 2. The van der Waals surface area contributed by atoms with Crippen LogP contribution in [-0.4, -0.2) is 43.7 Å². The van der Waals surface area contributed by atoms with Gasteiger partial charge in [0.15, 0.2) is 0 Å². The fourth-order valence-electron chi connectivity index (χ4n) is 3.46. The van der Waals surface area contributed by atoms with Crippen LogP contribution in [0.15, 0.2) is 34.6 Å². The quantitative estimate of drug-likeness (QED) is 0.729. The number of hydrogen-bond acceptors (Lipinski definition) is 4. The molecule has 1 fully saturated rings. The molecule has 2 atom stereocenters. The number of nitrogens with zero attached hydrogens (tertiary/aromatic N) is 1. The molecule has 2 aliphatic carbocycles. The molecule has 0 bridgehead atoms. The van der Waals surface area contributed by atoms with Crippen LogP contribution in [0.25, 0.3) is 0 Å². The smallest absolute Gasteiger partial charge is 0.310 e. The van der Waals surface area contributed by atoms with E-state index in [4.69, 9.17) is 9.47 Å². The van der Waals surface area contributed by atoms with Crippen molar-refractivity contribution in [3.63, 3.8) is 0 Å². The number of carbonyl (C=O) groups is 1. The van der Waals surface area contributed by atoms with Crippen molar-refractivity contribution in [2.75, 3.05) is 27.2 Å². The zero-order valence-corrected chi connectivity index (χ0v) is 13.2. The third kappa shape index (κ3) is 2.42. The van der Waals surface area contributed by atoms with Crippen molar-refractivity contribution < 1.29 is 14.3 Å². The van der Waals surface area contributed by atoms with Crippen LogP contribution in [0.3, 0.4) is 0 Å². The van der Waals surface area contributed by atoms with Gasteiger partial charge in [-0.2, -0.15) is 0 Å². The Morgan fingerprint density at radius 2 is 2.29 bits per heavy atom. The van der Waals surface area contributed by atoms with Gasteiger partial charge in [-0.1, -0.05) is 12.2 Å². The summed E-state index contributed by atoms with van der Waals surface area (Å²) in [4.78, 5) is 14.0. The maximum atomic E-state index is 11.8. The Morgan fingerprint density at radius 3 is 2.95 bits per heavy atom. The molecule has 1 saturated carbocycles. The first-order valence-corrected chi connectivity index (χ1v) is 7.58. The van der Waals surface area contributed by atoms with E-state index in [1.165, 1.54) is 11.1 Å². The fraction of sp³-hybridized carbons (Fsp3) is 0.588. The average molecular weight is 289 g/mol. The molecule has 0 aromatic heterocycles. The van der Waals surface area contributed by atoms with E-state index in [9.17, 15) is 4.79 Å². The van der Waals surface area contributed by atoms with Crippen molar-refractivity contribution in [2.45, 2.75) is 32.3 Å². The fourth-order valence-corrected chi connectivity index (χ4v) is 3.46. The van der Waals surface area contributed by atoms with Gasteiger partial charge in [0.25, 0.3) is 0 Å². The van der Waals surface area contributed by atoms with Crippen molar-refractivity contribution in [1.29, 1.82) is 0 Å². The summed E-state index contributed by atoms with van der Waals surface area (Å²) < 4.78 is 11.2. The summed E-state index contributed by atoms with van der Waals surface area (Å²) in [5, 5.41) is 0. The van der Waals surface area contributed by atoms with Gasteiger partial charge < -0.3 is 14.4 Å². The molecule has 0 saturated heterocycles. The summed E-state index contributed by atoms with van der Waals surface area (Å²) >= 11 is 0. The number of hydrogen-bond donors (Lipinski definition) is 0. The van der Waals surface area contributed by atoms with Crippen LogP contribution in [0.1, 0.15) is 26.7 Å². The number of allylic oxidation sites excluding steroid dienone is 1. The molecule has 4 heteroatoms. The molecule has 3 aliphatic rings. The minimum absolute atomic E-state index is 0.165. The van der Waals surface area contributed by atoms with Gasteiger partial charge in [0.1, 0.15) is 5.60 Å². The normalized spacial score (nSPS) is 29.5. The molecule has 1 heterocycles. The van der Waals surface area contributed by atoms with Gasteiger partial charge in [-0.05, 0) is 33.5 Å². The molecule has 114 valence electrons. The lowest BCUT2D eigenvalue weighted by Gasteiger charge is -2.20. The Labute approximate surface area is 126 Å². The molecule has 0 N–H and O–H groups in total. The first-order valence-electron chi connectivity index (χ1n) is 7.58. The van der Waals surface area contributed by atoms with Crippen molar-refractivity contribution in [2.24, 2.45) is 5.92 Å². The minimum Gasteiger partial charge on any atom is -0.486 e. The molecule has 4 nitrogen and oxygen atoms in total. The van der Waals surface area contributed by atoms with E-state index in [-0.39, 0.29) is 11.6 Å². The Bertz CT molecular complexity index is 571. The maximum Gasteiger partial charge on any atom is 0.310 e. The monoisotopic (exact) mass is 289 g/mol. The summed E-state index contributed by atoms with van der Waals surface area (Å²) in [6.45, 7) is 5.14. The second kappa shape index (κ2) is 5.02. The molecule has 1 spiro atoms. The van der Waals surface area contributed by atoms with Crippen LogP contribution >= 0.6 is 0 Å². The van der Waals surface area contributed by atoms with Gasteiger partial charge in [-0.15, -0.1) is 0 Å². The lowest BCUT2D eigenvalue weighted by atomic mass is 9.90. The van der Waals surface area contributed by atoms with Gasteiger partial charge in [-0.3, -0.25) is 4.79 Å². The van der Waals surface area contributed by atoms with Gasteiger partial charge in [0.05, 0.1) is 18.8 Å². The van der Waals surface area contributed by atoms with Crippen molar-refractivity contribution in [1.82, 2.24) is 4.90 Å².